The van der Waals surface area contributed by atoms with Gasteiger partial charge in [-0.3, -0.25) is 4.79 Å². The first-order chi connectivity index (χ1) is 8.63. The van der Waals surface area contributed by atoms with Crippen LogP contribution < -0.4 is 5.73 Å². The molecule has 4 nitrogen and oxygen atoms in total. The molecule has 0 unspecified atom stereocenters. The Bertz CT molecular complexity index is 512. The monoisotopic (exact) mass is 246 g/mol. The molecule has 0 aliphatic heterocycles. The summed E-state index contributed by atoms with van der Waals surface area (Å²) in [6, 6.07) is 9.48. The lowest BCUT2D eigenvalue weighted by Gasteiger charge is -2.24. The SMILES string of the molecule is CC(C)N(CCN)C(=O)c1cc2ccccc2o1. The average molecular weight is 246 g/mol. The van der Waals surface area contributed by atoms with Crippen LogP contribution in [-0.4, -0.2) is 29.9 Å². The normalized spacial score (nSPS) is 11.1. The first kappa shape index (κ1) is 12.6. The van der Waals surface area contributed by atoms with Gasteiger partial charge in [0.1, 0.15) is 5.58 Å². The predicted octanol–water partition coefficient (Wildman–Crippen LogP) is 2.24. The molecule has 96 valence electrons. The minimum absolute atomic E-state index is 0.105. The van der Waals surface area contributed by atoms with Crippen LogP contribution in [0.4, 0.5) is 0 Å². The van der Waals surface area contributed by atoms with Gasteiger partial charge in [0, 0.05) is 24.5 Å². The Balaban J connectivity index is 2.31. The van der Waals surface area contributed by atoms with Gasteiger partial charge in [-0.05, 0) is 26.0 Å². The molecule has 1 aromatic heterocycles. The van der Waals surface area contributed by atoms with Gasteiger partial charge in [0.25, 0.3) is 5.91 Å². The van der Waals surface area contributed by atoms with Crippen LogP contribution in [0.3, 0.4) is 0 Å². The van der Waals surface area contributed by atoms with Crippen LogP contribution in [0.2, 0.25) is 0 Å². The maximum Gasteiger partial charge on any atom is 0.289 e. The third-order valence-electron chi connectivity index (χ3n) is 2.89. The van der Waals surface area contributed by atoms with Gasteiger partial charge in [-0.15, -0.1) is 0 Å². The molecule has 1 heterocycles. The fourth-order valence-electron chi connectivity index (χ4n) is 1.96. The predicted molar refractivity (Wildman–Crippen MR) is 71.4 cm³/mol. The van der Waals surface area contributed by atoms with Crippen molar-refractivity contribution in [3.05, 3.63) is 36.1 Å². The molecule has 0 aliphatic rings. The molecule has 0 spiro atoms. The molecule has 2 N–H and O–H groups in total. The Morgan fingerprint density at radius 3 is 2.72 bits per heavy atom. The van der Waals surface area contributed by atoms with Crippen molar-refractivity contribution in [2.75, 3.05) is 13.1 Å². The molecule has 0 saturated heterocycles. The molecule has 0 bridgehead atoms. The standard InChI is InChI=1S/C14H18N2O2/c1-10(2)16(8-7-15)14(17)13-9-11-5-3-4-6-12(11)18-13/h3-6,9-10H,7-8,15H2,1-2H3. The molecule has 0 aliphatic carbocycles. The number of para-hydroxylation sites is 1. The smallest absolute Gasteiger partial charge is 0.289 e. The molecule has 18 heavy (non-hydrogen) atoms. The number of carbonyl (C=O) groups is 1. The molecular formula is C14H18N2O2. The molecule has 0 atom stereocenters. The molecule has 0 radical (unpaired) electrons. The van der Waals surface area contributed by atoms with E-state index in [1.165, 1.54) is 0 Å². The highest BCUT2D eigenvalue weighted by Crippen LogP contribution is 2.20. The largest absolute Gasteiger partial charge is 0.451 e. The van der Waals surface area contributed by atoms with Crippen molar-refractivity contribution >= 4 is 16.9 Å². The van der Waals surface area contributed by atoms with E-state index in [9.17, 15) is 4.79 Å². The van der Waals surface area contributed by atoms with Gasteiger partial charge in [-0.25, -0.2) is 0 Å². The number of carbonyl (C=O) groups excluding carboxylic acids is 1. The van der Waals surface area contributed by atoms with Crippen molar-refractivity contribution in [3.8, 4) is 0 Å². The van der Waals surface area contributed by atoms with E-state index in [1.807, 2.05) is 38.1 Å². The number of furan rings is 1. The summed E-state index contributed by atoms with van der Waals surface area (Å²) in [5, 5.41) is 0.942. The minimum atomic E-state index is -0.105. The third kappa shape index (κ3) is 2.38. The minimum Gasteiger partial charge on any atom is -0.451 e. The number of benzene rings is 1. The van der Waals surface area contributed by atoms with E-state index in [1.54, 1.807) is 11.0 Å². The van der Waals surface area contributed by atoms with Gasteiger partial charge < -0.3 is 15.1 Å². The lowest BCUT2D eigenvalue weighted by molar-refractivity contribution is 0.0681. The van der Waals surface area contributed by atoms with Crippen LogP contribution in [0.25, 0.3) is 11.0 Å². The van der Waals surface area contributed by atoms with E-state index in [4.69, 9.17) is 10.2 Å². The molecular weight excluding hydrogens is 228 g/mol. The molecule has 4 heteroatoms. The average Bonchev–Trinajstić information content (AvgIpc) is 2.78. The Kier molecular flexibility index (Phi) is 3.67. The second-order valence-corrected chi connectivity index (χ2v) is 4.53. The summed E-state index contributed by atoms with van der Waals surface area (Å²) in [7, 11) is 0. The van der Waals surface area contributed by atoms with E-state index in [-0.39, 0.29) is 11.9 Å². The van der Waals surface area contributed by atoms with Crippen molar-refractivity contribution in [2.45, 2.75) is 19.9 Å². The van der Waals surface area contributed by atoms with Gasteiger partial charge in [-0.1, -0.05) is 18.2 Å². The zero-order valence-electron chi connectivity index (χ0n) is 10.7. The van der Waals surface area contributed by atoms with Gasteiger partial charge in [-0.2, -0.15) is 0 Å². The van der Waals surface area contributed by atoms with Gasteiger partial charge in [0.15, 0.2) is 5.76 Å². The summed E-state index contributed by atoms with van der Waals surface area (Å²) in [4.78, 5) is 14.0. The van der Waals surface area contributed by atoms with E-state index >= 15 is 0 Å². The van der Waals surface area contributed by atoms with Crippen LogP contribution in [0, 0.1) is 0 Å². The quantitative estimate of drug-likeness (QED) is 0.900. The van der Waals surface area contributed by atoms with Crippen molar-refractivity contribution in [2.24, 2.45) is 5.73 Å². The fourth-order valence-corrected chi connectivity index (χ4v) is 1.96. The molecule has 2 rings (SSSR count). The highest BCUT2D eigenvalue weighted by Gasteiger charge is 2.21. The Hall–Kier alpha value is -1.81. The van der Waals surface area contributed by atoms with E-state index < -0.39 is 0 Å². The summed E-state index contributed by atoms with van der Waals surface area (Å²) >= 11 is 0. The maximum absolute atomic E-state index is 12.3. The summed E-state index contributed by atoms with van der Waals surface area (Å²) in [6.07, 6.45) is 0. The first-order valence-corrected chi connectivity index (χ1v) is 6.13. The summed E-state index contributed by atoms with van der Waals surface area (Å²) < 4.78 is 5.58. The lowest BCUT2D eigenvalue weighted by Crippen LogP contribution is -2.40. The number of nitrogens with two attached hydrogens (primary N) is 1. The number of hydrogen-bond donors (Lipinski definition) is 1. The van der Waals surface area contributed by atoms with Crippen LogP contribution in [0.15, 0.2) is 34.7 Å². The third-order valence-corrected chi connectivity index (χ3v) is 2.89. The van der Waals surface area contributed by atoms with Gasteiger partial charge in [0.05, 0.1) is 0 Å². The zero-order chi connectivity index (χ0) is 13.1. The fraction of sp³-hybridized carbons (Fsp3) is 0.357. The van der Waals surface area contributed by atoms with Crippen LogP contribution in [0.1, 0.15) is 24.4 Å². The van der Waals surface area contributed by atoms with Crippen LogP contribution in [0.5, 0.6) is 0 Å². The van der Waals surface area contributed by atoms with E-state index in [0.29, 0.717) is 18.8 Å². The zero-order valence-corrected chi connectivity index (χ0v) is 10.7. The highest BCUT2D eigenvalue weighted by atomic mass is 16.3. The first-order valence-electron chi connectivity index (χ1n) is 6.13. The van der Waals surface area contributed by atoms with Crippen molar-refractivity contribution in [1.82, 2.24) is 4.90 Å². The van der Waals surface area contributed by atoms with Crippen LogP contribution >= 0.6 is 0 Å². The van der Waals surface area contributed by atoms with Crippen LogP contribution in [-0.2, 0) is 0 Å². The van der Waals surface area contributed by atoms with Crippen molar-refractivity contribution in [1.29, 1.82) is 0 Å². The maximum atomic E-state index is 12.3. The molecule has 0 saturated carbocycles. The second kappa shape index (κ2) is 5.23. The lowest BCUT2D eigenvalue weighted by atomic mass is 10.2. The summed E-state index contributed by atoms with van der Waals surface area (Å²) in [6.45, 7) is 4.92. The topological polar surface area (TPSA) is 59.5 Å². The molecule has 1 amide bonds. The second-order valence-electron chi connectivity index (χ2n) is 4.53. The van der Waals surface area contributed by atoms with Crippen molar-refractivity contribution in [3.63, 3.8) is 0 Å². The summed E-state index contributed by atoms with van der Waals surface area (Å²) in [5.41, 5.74) is 6.27. The number of amides is 1. The number of hydrogen-bond acceptors (Lipinski definition) is 3. The molecule has 2 aromatic rings. The molecule has 1 aromatic carbocycles. The van der Waals surface area contributed by atoms with E-state index in [2.05, 4.69) is 0 Å². The number of nitrogens with zero attached hydrogens (tertiary/aromatic N) is 1. The summed E-state index contributed by atoms with van der Waals surface area (Å²) in [5.74, 6) is 0.269. The van der Waals surface area contributed by atoms with Gasteiger partial charge >= 0.3 is 0 Å². The Morgan fingerprint density at radius 1 is 1.39 bits per heavy atom. The Morgan fingerprint density at radius 2 is 2.11 bits per heavy atom. The number of rotatable bonds is 4. The van der Waals surface area contributed by atoms with Crippen molar-refractivity contribution < 1.29 is 9.21 Å². The van der Waals surface area contributed by atoms with Gasteiger partial charge in [0.2, 0.25) is 0 Å². The molecule has 0 fully saturated rings. The number of fused-ring (bicyclic) bond motifs is 1. The Labute approximate surface area is 106 Å². The van der Waals surface area contributed by atoms with E-state index in [0.717, 1.165) is 11.0 Å². The highest BCUT2D eigenvalue weighted by molar-refractivity contribution is 5.96.